The Kier molecular flexibility index (Phi) is 3.63. The second-order valence-electron chi connectivity index (χ2n) is 5.71. The molecular weight excluding hydrogens is 310 g/mol. The van der Waals surface area contributed by atoms with Crippen LogP contribution in [0.3, 0.4) is 0 Å². The second kappa shape index (κ2) is 5.79. The first-order chi connectivity index (χ1) is 11.2. The van der Waals surface area contributed by atoms with Crippen molar-refractivity contribution in [3.05, 3.63) is 36.5 Å². The smallest absolute Gasteiger partial charge is 0.127 e. The zero-order valence-electron chi connectivity index (χ0n) is 13.0. The molecule has 6 heteroatoms. The number of nitrogens with zero attached hydrogens (tertiary/aromatic N) is 3. The first-order valence-corrected chi connectivity index (χ1v) is 8.29. The van der Waals surface area contributed by atoms with Crippen LogP contribution < -0.4 is 9.64 Å². The summed E-state index contributed by atoms with van der Waals surface area (Å²) in [7, 11) is 3.96. The summed E-state index contributed by atoms with van der Waals surface area (Å²) in [5.41, 5.74) is 2.02. The van der Waals surface area contributed by atoms with Gasteiger partial charge in [0.05, 0.1) is 16.8 Å². The van der Waals surface area contributed by atoms with Gasteiger partial charge in [0.1, 0.15) is 29.3 Å². The molecule has 0 amide bonds. The highest BCUT2D eigenvalue weighted by atomic mass is 32.1. The molecular formula is C17H17N3O2S. The van der Waals surface area contributed by atoms with E-state index in [1.807, 2.05) is 49.5 Å². The number of benzene rings is 1. The Morgan fingerprint density at radius 1 is 1.30 bits per heavy atom. The predicted octanol–water partition coefficient (Wildman–Crippen LogP) is 3.20. The van der Waals surface area contributed by atoms with Crippen molar-refractivity contribution >= 4 is 27.4 Å². The van der Waals surface area contributed by atoms with Crippen LogP contribution in [0.15, 0.2) is 36.5 Å². The number of ether oxygens (including phenoxy) is 2. The standard InChI is InChI=1S/C17H17N3O2S/c1-20(2)16-6-3-11(8-18-16)17-19-14-5-4-12(7-15(14)23-17)21-9-13-10-22-13/h3-8,13H,9-10H2,1-2H3/t13-/m1/s1. The van der Waals surface area contributed by atoms with Crippen molar-refractivity contribution < 1.29 is 9.47 Å². The van der Waals surface area contributed by atoms with Crippen molar-refractivity contribution in [2.24, 2.45) is 0 Å². The van der Waals surface area contributed by atoms with E-state index in [2.05, 4.69) is 11.1 Å². The third-order valence-corrected chi connectivity index (χ3v) is 4.72. The molecule has 1 aliphatic rings. The predicted molar refractivity (Wildman–Crippen MR) is 92.4 cm³/mol. The zero-order valence-corrected chi connectivity index (χ0v) is 13.8. The lowest BCUT2D eigenvalue weighted by molar-refractivity contribution is 0.263. The summed E-state index contributed by atoms with van der Waals surface area (Å²) < 4.78 is 12.0. The van der Waals surface area contributed by atoms with E-state index in [9.17, 15) is 0 Å². The van der Waals surface area contributed by atoms with Gasteiger partial charge in [0.15, 0.2) is 0 Å². The number of thiazole rings is 1. The Balaban J connectivity index is 1.59. The summed E-state index contributed by atoms with van der Waals surface area (Å²) >= 11 is 1.65. The summed E-state index contributed by atoms with van der Waals surface area (Å²) in [6.07, 6.45) is 2.14. The molecule has 0 N–H and O–H groups in total. The summed E-state index contributed by atoms with van der Waals surface area (Å²) in [4.78, 5) is 11.1. The molecule has 3 heterocycles. The molecule has 0 radical (unpaired) electrons. The molecule has 23 heavy (non-hydrogen) atoms. The molecule has 5 nitrogen and oxygen atoms in total. The van der Waals surface area contributed by atoms with Gasteiger partial charge in [-0.25, -0.2) is 9.97 Å². The molecule has 1 saturated heterocycles. The van der Waals surface area contributed by atoms with Gasteiger partial charge in [-0.05, 0) is 30.3 Å². The Bertz CT molecular complexity index is 825. The normalized spacial score (nSPS) is 16.5. The van der Waals surface area contributed by atoms with Crippen LogP contribution in [0.25, 0.3) is 20.8 Å². The van der Waals surface area contributed by atoms with Gasteiger partial charge in [-0.3, -0.25) is 0 Å². The van der Waals surface area contributed by atoms with Gasteiger partial charge >= 0.3 is 0 Å². The number of hydrogen-bond donors (Lipinski definition) is 0. The molecule has 1 aromatic carbocycles. The average Bonchev–Trinajstić information content (AvgIpc) is 3.30. The number of epoxide rings is 1. The lowest BCUT2D eigenvalue weighted by atomic mass is 10.3. The summed E-state index contributed by atoms with van der Waals surface area (Å²) in [6, 6.07) is 10.1. The quantitative estimate of drug-likeness (QED) is 0.674. The fourth-order valence-corrected chi connectivity index (χ4v) is 3.23. The van der Waals surface area contributed by atoms with Gasteiger partial charge in [-0.15, -0.1) is 11.3 Å². The molecule has 1 aliphatic heterocycles. The number of hydrogen-bond acceptors (Lipinski definition) is 6. The highest BCUT2D eigenvalue weighted by molar-refractivity contribution is 7.21. The van der Waals surface area contributed by atoms with Crippen molar-refractivity contribution in [1.82, 2.24) is 9.97 Å². The molecule has 1 atom stereocenters. The minimum Gasteiger partial charge on any atom is -0.491 e. The molecule has 3 aromatic rings. The zero-order chi connectivity index (χ0) is 15.8. The van der Waals surface area contributed by atoms with Gasteiger partial charge in [0.25, 0.3) is 0 Å². The first kappa shape index (κ1) is 14.4. The van der Waals surface area contributed by atoms with E-state index >= 15 is 0 Å². The fourth-order valence-electron chi connectivity index (χ4n) is 2.25. The molecule has 1 fully saturated rings. The van der Waals surface area contributed by atoms with Crippen molar-refractivity contribution in [2.45, 2.75) is 6.10 Å². The number of aromatic nitrogens is 2. The lowest BCUT2D eigenvalue weighted by Crippen LogP contribution is -2.09. The van der Waals surface area contributed by atoms with E-state index < -0.39 is 0 Å². The van der Waals surface area contributed by atoms with Crippen molar-refractivity contribution in [3.8, 4) is 16.3 Å². The lowest BCUT2D eigenvalue weighted by Gasteiger charge is -2.10. The summed E-state index contributed by atoms with van der Waals surface area (Å²) in [5.74, 6) is 1.80. The van der Waals surface area contributed by atoms with Crippen LogP contribution in [-0.2, 0) is 4.74 Å². The fraction of sp³-hybridized carbons (Fsp3) is 0.294. The van der Waals surface area contributed by atoms with Crippen LogP contribution >= 0.6 is 11.3 Å². The molecule has 0 bridgehead atoms. The topological polar surface area (TPSA) is 50.8 Å². The van der Waals surface area contributed by atoms with Crippen LogP contribution in [0, 0.1) is 0 Å². The number of anilines is 1. The third kappa shape index (κ3) is 3.13. The monoisotopic (exact) mass is 327 g/mol. The van der Waals surface area contributed by atoms with Gasteiger partial charge in [-0.1, -0.05) is 0 Å². The Morgan fingerprint density at radius 3 is 2.87 bits per heavy atom. The minimum atomic E-state index is 0.268. The van der Waals surface area contributed by atoms with Crippen molar-refractivity contribution in [2.75, 3.05) is 32.2 Å². The maximum atomic E-state index is 5.73. The highest BCUT2D eigenvalue weighted by Crippen LogP contribution is 2.32. The van der Waals surface area contributed by atoms with Gasteiger partial charge in [0, 0.05) is 25.9 Å². The van der Waals surface area contributed by atoms with Gasteiger partial charge in [-0.2, -0.15) is 0 Å². The van der Waals surface area contributed by atoms with E-state index in [0.717, 1.165) is 39.0 Å². The van der Waals surface area contributed by atoms with Crippen molar-refractivity contribution in [1.29, 1.82) is 0 Å². The van der Waals surface area contributed by atoms with Crippen LogP contribution in [0.1, 0.15) is 0 Å². The van der Waals surface area contributed by atoms with E-state index in [1.165, 1.54) is 0 Å². The van der Waals surface area contributed by atoms with Crippen LogP contribution in [0.2, 0.25) is 0 Å². The molecule has 118 valence electrons. The molecule has 4 rings (SSSR count). The third-order valence-electron chi connectivity index (χ3n) is 3.65. The van der Waals surface area contributed by atoms with Crippen molar-refractivity contribution in [3.63, 3.8) is 0 Å². The highest BCUT2D eigenvalue weighted by Gasteiger charge is 2.23. The molecule has 0 unspecified atom stereocenters. The minimum absolute atomic E-state index is 0.268. The maximum absolute atomic E-state index is 5.73. The van der Waals surface area contributed by atoms with Crippen LogP contribution in [0.4, 0.5) is 5.82 Å². The van der Waals surface area contributed by atoms with Gasteiger partial charge in [0.2, 0.25) is 0 Å². The number of rotatable bonds is 5. The first-order valence-electron chi connectivity index (χ1n) is 7.48. The Hall–Kier alpha value is -2.18. The van der Waals surface area contributed by atoms with E-state index in [1.54, 1.807) is 11.3 Å². The second-order valence-corrected chi connectivity index (χ2v) is 6.75. The van der Waals surface area contributed by atoms with E-state index in [-0.39, 0.29) is 6.10 Å². The number of fused-ring (bicyclic) bond motifs is 1. The number of pyridine rings is 1. The largest absolute Gasteiger partial charge is 0.491 e. The van der Waals surface area contributed by atoms with E-state index in [4.69, 9.17) is 14.5 Å². The van der Waals surface area contributed by atoms with E-state index in [0.29, 0.717) is 6.61 Å². The Labute approximate surface area is 138 Å². The molecule has 2 aromatic heterocycles. The average molecular weight is 327 g/mol. The molecule has 0 aliphatic carbocycles. The van der Waals surface area contributed by atoms with Gasteiger partial charge < -0.3 is 14.4 Å². The molecule has 0 saturated carbocycles. The SMILES string of the molecule is CN(C)c1ccc(-c2nc3ccc(OC[C@@H]4CO4)cc3s2)cn1. The Morgan fingerprint density at radius 2 is 2.17 bits per heavy atom. The summed E-state index contributed by atoms with van der Waals surface area (Å²) in [6.45, 7) is 1.43. The van der Waals surface area contributed by atoms with Crippen LogP contribution in [0.5, 0.6) is 5.75 Å². The van der Waals surface area contributed by atoms with Crippen LogP contribution in [-0.4, -0.2) is 43.4 Å². The molecule has 0 spiro atoms. The summed E-state index contributed by atoms with van der Waals surface area (Å²) in [5, 5.41) is 0.973. The maximum Gasteiger partial charge on any atom is 0.127 e.